The van der Waals surface area contributed by atoms with Gasteiger partial charge in [-0.05, 0) is 55.2 Å². The summed E-state index contributed by atoms with van der Waals surface area (Å²) >= 11 is 6.18. The Kier molecular flexibility index (Phi) is 3.72. The predicted octanol–water partition coefficient (Wildman–Crippen LogP) is 2.85. The molecule has 0 aliphatic heterocycles. The zero-order valence-electron chi connectivity index (χ0n) is 9.30. The molecule has 0 saturated carbocycles. The first-order valence-corrected chi connectivity index (χ1v) is 6.24. The van der Waals surface area contributed by atoms with E-state index in [4.69, 9.17) is 16.7 Å². The first-order chi connectivity index (χ1) is 7.74. The van der Waals surface area contributed by atoms with Crippen LogP contribution in [0.15, 0.2) is 6.07 Å². The minimum Gasteiger partial charge on any atom is -0.506 e. The lowest BCUT2D eigenvalue weighted by Crippen LogP contribution is -2.05. The Morgan fingerprint density at radius 3 is 2.75 bits per heavy atom. The minimum absolute atomic E-state index is 0.147. The Morgan fingerprint density at radius 1 is 1.25 bits per heavy atom. The Balaban J connectivity index is 2.36. The van der Waals surface area contributed by atoms with E-state index in [0.717, 1.165) is 30.4 Å². The molecule has 0 radical (unpaired) electrons. The zero-order valence-corrected chi connectivity index (χ0v) is 10.1. The molecule has 1 aliphatic carbocycles. The summed E-state index contributed by atoms with van der Waals surface area (Å²) in [5.74, 6) is 0.218. The van der Waals surface area contributed by atoms with Crippen molar-refractivity contribution in [3.63, 3.8) is 0 Å². The maximum atomic E-state index is 9.97. The molecule has 0 spiro atoms. The number of aromatic hydroxyl groups is 1. The van der Waals surface area contributed by atoms with E-state index in [1.165, 1.54) is 12.0 Å². The molecule has 1 aliphatic rings. The average molecular weight is 241 g/mol. The minimum atomic E-state index is 0.147. The first kappa shape index (κ1) is 11.7. The van der Waals surface area contributed by atoms with Gasteiger partial charge in [-0.2, -0.15) is 0 Å². The predicted molar refractivity (Wildman–Crippen MR) is 65.2 cm³/mol. The van der Waals surface area contributed by atoms with Gasteiger partial charge in [0.2, 0.25) is 0 Å². The Hall–Kier alpha value is -0.730. The number of fused-ring (bicyclic) bond motifs is 1. The molecule has 0 amide bonds. The second kappa shape index (κ2) is 5.07. The van der Waals surface area contributed by atoms with Gasteiger partial charge in [0.25, 0.3) is 0 Å². The lowest BCUT2D eigenvalue weighted by Gasteiger charge is -2.20. The smallest absolute Gasteiger partial charge is 0.137 e. The summed E-state index contributed by atoms with van der Waals surface area (Å²) in [6, 6.07) is 2.06. The molecule has 2 N–H and O–H groups in total. The molecule has 0 aromatic heterocycles. The van der Waals surface area contributed by atoms with Crippen molar-refractivity contribution < 1.29 is 10.2 Å². The quantitative estimate of drug-likeness (QED) is 0.853. The highest BCUT2D eigenvalue weighted by Gasteiger charge is 2.18. The SMILES string of the molecule is OCCCc1cc2c(c(Cl)c1O)CCCC2. The van der Waals surface area contributed by atoms with Crippen LogP contribution in [0.5, 0.6) is 5.75 Å². The van der Waals surface area contributed by atoms with Gasteiger partial charge in [0.1, 0.15) is 5.75 Å². The van der Waals surface area contributed by atoms with Gasteiger partial charge in [-0.1, -0.05) is 17.7 Å². The highest BCUT2D eigenvalue weighted by molar-refractivity contribution is 6.33. The van der Waals surface area contributed by atoms with Crippen molar-refractivity contribution in [2.24, 2.45) is 0 Å². The Bertz CT molecular complexity index is 388. The van der Waals surface area contributed by atoms with Crippen LogP contribution in [0.25, 0.3) is 0 Å². The third-order valence-corrected chi connectivity index (χ3v) is 3.65. The summed E-state index contributed by atoms with van der Waals surface area (Å²) in [4.78, 5) is 0. The number of aryl methyl sites for hydroxylation is 2. The van der Waals surface area contributed by atoms with Crippen molar-refractivity contribution in [2.45, 2.75) is 38.5 Å². The van der Waals surface area contributed by atoms with E-state index in [1.807, 2.05) is 0 Å². The summed E-state index contributed by atoms with van der Waals surface area (Å²) < 4.78 is 0. The summed E-state index contributed by atoms with van der Waals surface area (Å²) in [6.45, 7) is 0.147. The van der Waals surface area contributed by atoms with Crippen LogP contribution in [0.2, 0.25) is 5.02 Å². The molecule has 2 rings (SSSR count). The van der Waals surface area contributed by atoms with E-state index in [0.29, 0.717) is 17.9 Å². The van der Waals surface area contributed by atoms with Gasteiger partial charge in [0, 0.05) is 6.61 Å². The fourth-order valence-corrected chi connectivity index (χ4v) is 2.70. The fourth-order valence-electron chi connectivity index (χ4n) is 2.36. The van der Waals surface area contributed by atoms with Gasteiger partial charge in [-0.25, -0.2) is 0 Å². The monoisotopic (exact) mass is 240 g/mol. The van der Waals surface area contributed by atoms with Crippen LogP contribution in [0.3, 0.4) is 0 Å². The topological polar surface area (TPSA) is 40.5 Å². The highest BCUT2D eigenvalue weighted by atomic mass is 35.5. The molecule has 0 saturated heterocycles. The molecule has 16 heavy (non-hydrogen) atoms. The number of aliphatic hydroxyl groups excluding tert-OH is 1. The number of halogens is 1. The van der Waals surface area contributed by atoms with Gasteiger partial charge in [0.05, 0.1) is 5.02 Å². The maximum Gasteiger partial charge on any atom is 0.137 e. The van der Waals surface area contributed by atoms with E-state index in [-0.39, 0.29) is 12.4 Å². The lowest BCUT2D eigenvalue weighted by atomic mass is 9.89. The van der Waals surface area contributed by atoms with Crippen LogP contribution >= 0.6 is 11.6 Å². The second-order valence-electron chi connectivity index (χ2n) is 4.37. The van der Waals surface area contributed by atoms with Gasteiger partial charge in [-0.15, -0.1) is 0 Å². The summed E-state index contributed by atoms with van der Waals surface area (Å²) in [7, 11) is 0. The van der Waals surface area contributed by atoms with Gasteiger partial charge in [0.15, 0.2) is 0 Å². The molecular weight excluding hydrogens is 224 g/mol. The molecule has 0 fully saturated rings. The third-order valence-electron chi connectivity index (χ3n) is 3.24. The molecule has 0 bridgehead atoms. The molecular formula is C13H17ClO2. The fraction of sp³-hybridized carbons (Fsp3) is 0.538. The average Bonchev–Trinajstić information content (AvgIpc) is 2.32. The first-order valence-electron chi connectivity index (χ1n) is 5.87. The molecule has 0 unspecified atom stereocenters. The van der Waals surface area contributed by atoms with Crippen molar-refractivity contribution in [2.75, 3.05) is 6.61 Å². The number of benzene rings is 1. The van der Waals surface area contributed by atoms with Crippen molar-refractivity contribution in [1.82, 2.24) is 0 Å². The van der Waals surface area contributed by atoms with Crippen LogP contribution in [-0.2, 0) is 19.3 Å². The van der Waals surface area contributed by atoms with Crippen molar-refractivity contribution in [1.29, 1.82) is 0 Å². The standard InChI is InChI=1S/C13H17ClO2/c14-12-11-6-2-1-4-9(11)8-10(13(12)16)5-3-7-15/h8,15-16H,1-7H2. The normalized spacial score (nSPS) is 14.9. The Morgan fingerprint density at radius 2 is 2.00 bits per heavy atom. The molecule has 0 atom stereocenters. The third kappa shape index (κ3) is 2.18. The summed E-state index contributed by atoms with van der Waals surface area (Å²) in [5, 5.41) is 19.3. The molecule has 1 aromatic rings. The summed E-state index contributed by atoms with van der Waals surface area (Å²) in [5.41, 5.74) is 3.28. The largest absolute Gasteiger partial charge is 0.506 e. The van der Waals surface area contributed by atoms with E-state index in [2.05, 4.69) is 6.07 Å². The maximum absolute atomic E-state index is 9.97. The van der Waals surface area contributed by atoms with Crippen LogP contribution < -0.4 is 0 Å². The lowest BCUT2D eigenvalue weighted by molar-refractivity contribution is 0.288. The van der Waals surface area contributed by atoms with Crippen molar-refractivity contribution >= 4 is 11.6 Å². The van der Waals surface area contributed by atoms with E-state index >= 15 is 0 Å². The van der Waals surface area contributed by atoms with E-state index < -0.39 is 0 Å². The molecule has 88 valence electrons. The Labute approximate surface area is 101 Å². The number of phenolic OH excluding ortho intramolecular Hbond substituents is 1. The van der Waals surface area contributed by atoms with Gasteiger partial charge in [-0.3, -0.25) is 0 Å². The van der Waals surface area contributed by atoms with Crippen molar-refractivity contribution in [3.05, 3.63) is 27.8 Å². The zero-order chi connectivity index (χ0) is 11.5. The molecule has 0 heterocycles. The number of hydrogen-bond acceptors (Lipinski definition) is 2. The van der Waals surface area contributed by atoms with Crippen molar-refractivity contribution in [3.8, 4) is 5.75 Å². The van der Waals surface area contributed by atoms with Gasteiger partial charge >= 0.3 is 0 Å². The van der Waals surface area contributed by atoms with E-state index in [1.54, 1.807) is 0 Å². The highest BCUT2D eigenvalue weighted by Crippen LogP contribution is 2.37. The van der Waals surface area contributed by atoms with Crippen LogP contribution in [0, 0.1) is 0 Å². The summed E-state index contributed by atoms with van der Waals surface area (Å²) in [6.07, 6.45) is 5.75. The molecule has 1 aromatic carbocycles. The van der Waals surface area contributed by atoms with Crippen LogP contribution in [0.4, 0.5) is 0 Å². The van der Waals surface area contributed by atoms with Crippen LogP contribution in [0.1, 0.15) is 36.0 Å². The van der Waals surface area contributed by atoms with Crippen LogP contribution in [-0.4, -0.2) is 16.8 Å². The number of aliphatic hydroxyl groups is 1. The second-order valence-corrected chi connectivity index (χ2v) is 4.75. The number of rotatable bonds is 3. The van der Waals surface area contributed by atoms with E-state index in [9.17, 15) is 5.11 Å². The van der Waals surface area contributed by atoms with Gasteiger partial charge < -0.3 is 10.2 Å². The number of hydrogen-bond donors (Lipinski definition) is 2. The molecule has 3 heteroatoms. The number of phenols is 1. The molecule has 2 nitrogen and oxygen atoms in total.